The molecule has 152 valence electrons. The second kappa shape index (κ2) is 8.09. The fraction of sp³-hybridized carbons (Fsp3) is 0.250. The molecule has 3 rings (SSSR count). The van der Waals surface area contributed by atoms with Gasteiger partial charge in [0.2, 0.25) is 6.79 Å². The number of anilines is 1. The van der Waals surface area contributed by atoms with Gasteiger partial charge in [0.05, 0.1) is 0 Å². The Labute approximate surface area is 167 Å². The highest BCUT2D eigenvalue weighted by atomic mass is 16.7. The molecule has 0 radical (unpaired) electrons. The topological polar surface area (TPSA) is 115 Å². The van der Waals surface area contributed by atoms with Crippen LogP contribution in [0.4, 0.5) is 10.5 Å². The van der Waals surface area contributed by atoms with Crippen LogP contribution in [0.5, 0.6) is 11.5 Å². The number of carbonyl (C=O) groups excluding carboxylic acids is 3. The number of amides is 3. The van der Waals surface area contributed by atoms with E-state index in [-0.39, 0.29) is 6.79 Å². The lowest BCUT2D eigenvalue weighted by Gasteiger charge is -2.19. The zero-order valence-electron chi connectivity index (χ0n) is 16.2. The van der Waals surface area contributed by atoms with Crippen LogP contribution in [0.25, 0.3) is 0 Å². The third-order valence-corrected chi connectivity index (χ3v) is 3.72. The maximum Gasteiger partial charge on any atom is 0.412 e. The molecule has 0 bridgehead atoms. The van der Waals surface area contributed by atoms with Gasteiger partial charge in [-0.3, -0.25) is 25.8 Å². The van der Waals surface area contributed by atoms with E-state index in [0.29, 0.717) is 28.3 Å². The number of benzene rings is 2. The van der Waals surface area contributed by atoms with E-state index in [0.717, 1.165) is 0 Å². The monoisotopic (exact) mass is 399 g/mol. The molecular formula is C20H21N3O6. The molecule has 3 N–H and O–H groups in total. The van der Waals surface area contributed by atoms with E-state index < -0.39 is 23.5 Å². The Kier molecular flexibility index (Phi) is 5.58. The molecule has 2 aromatic rings. The van der Waals surface area contributed by atoms with Crippen LogP contribution in [-0.2, 0) is 4.74 Å². The second-order valence-electron chi connectivity index (χ2n) is 7.18. The fourth-order valence-corrected chi connectivity index (χ4v) is 2.42. The molecule has 29 heavy (non-hydrogen) atoms. The predicted octanol–water partition coefficient (Wildman–Crippen LogP) is 2.84. The largest absolute Gasteiger partial charge is 0.454 e. The van der Waals surface area contributed by atoms with Gasteiger partial charge in [-0.05, 0) is 63.2 Å². The predicted molar refractivity (Wildman–Crippen MR) is 104 cm³/mol. The van der Waals surface area contributed by atoms with E-state index >= 15 is 0 Å². The summed E-state index contributed by atoms with van der Waals surface area (Å²) in [6.07, 6.45) is -0.592. The Bertz CT molecular complexity index is 934. The number of hydrazine groups is 1. The minimum Gasteiger partial charge on any atom is -0.454 e. The van der Waals surface area contributed by atoms with Crippen molar-refractivity contribution in [2.75, 3.05) is 12.1 Å². The summed E-state index contributed by atoms with van der Waals surface area (Å²) in [7, 11) is 0. The van der Waals surface area contributed by atoms with Gasteiger partial charge in [-0.15, -0.1) is 0 Å². The minimum absolute atomic E-state index is 0.107. The van der Waals surface area contributed by atoms with Crippen LogP contribution in [0, 0.1) is 0 Å². The Morgan fingerprint density at radius 1 is 0.862 bits per heavy atom. The molecular weight excluding hydrogens is 378 g/mol. The van der Waals surface area contributed by atoms with E-state index in [4.69, 9.17) is 14.2 Å². The zero-order valence-corrected chi connectivity index (χ0v) is 16.2. The van der Waals surface area contributed by atoms with Gasteiger partial charge in [0, 0.05) is 16.8 Å². The van der Waals surface area contributed by atoms with Crippen LogP contribution < -0.4 is 25.6 Å². The third-order valence-electron chi connectivity index (χ3n) is 3.72. The molecule has 0 aromatic heterocycles. The van der Waals surface area contributed by atoms with Crippen molar-refractivity contribution in [3.8, 4) is 11.5 Å². The van der Waals surface area contributed by atoms with Gasteiger partial charge >= 0.3 is 6.09 Å². The summed E-state index contributed by atoms with van der Waals surface area (Å²) in [5.41, 5.74) is 5.14. The maximum absolute atomic E-state index is 12.2. The van der Waals surface area contributed by atoms with E-state index in [1.54, 1.807) is 45.0 Å². The molecule has 9 heteroatoms. The SMILES string of the molecule is CC(C)(C)OC(=O)Nc1ccc(C(=O)NNC(=O)c2ccc3c(c2)OCO3)cc1. The lowest BCUT2D eigenvalue weighted by Crippen LogP contribution is -2.41. The van der Waals surface area contributed by atoms with Crippen LogP contribution in [-0.4, -0.2) is 30.3 Å². The highest BCUT2D eigenvalue weighted by Gasteiger charge is 2.18. The average molecular weight is 399 g/mol. The molecule has 0 spiro atoms. The molecule has 3 amide bonds. The van der Waals surface area contributed by atoms with E-state index in [2.05, 4.69) is 16.2 Å². The van der Waals surface area contributed by atoms with Gasteiger partial charge < -0.3 is 14.2 Å². The van der Waals surface area contributed by atoms with Crippen molar-refractivity contribution in [3.05, 3.63) is 53.6 Å². The molecule has 1 heterocycles. The first-order chi connectivity index (χ1) is 13.7. The van der Waals surface area contributed by atoms with Gasteiger partial charge in [0.15, 0.2) is 11.5 Å². The molecule has 0 saturated carbocycles. The summed E-state index contributed by atoms with van der Waals surface area (Å²) in [5.74, 6) is 0.0190. The first-order valence-electron chi connectivity index (χ1n) is 8.82. The Morgan fingerprint density at radius 3 is 2.10 bits per heavy atom. The van der Waals surface area contributed by atoms with Crippen LogP contribution in [0.15, 0.2) is 42.5 Å². The molecule has 0 atom stereocenters. The van der Waals surface area contributed by atoms with E-state index in [1.807, 2.05) is 0 Å². The Morgan fingerprint density at radius 2 is 1.45 bits per heavy atom. The number of ether oxygens (including phenoxy) is 3. The summed E-state index contributed by atoms with van der Waals surface area (Å²) >= 11 is 0. The van der Waals surface area contributed by atoms with Crippen LogP contribution >= 0.6 is 0 Å². The van der Waals surface area contributed by atoms with Gasteiger partial charge in [0.25, 0.3) is 11.8 Å². The lowest BCUT2D eigenvalue weighted by atomic mass is 10.2. The summed E-state index contributed by atoms with van der Waals surface area (Å²) < 4.78 is 15.6. The summed E-state index contributed by atoms with van der Waals surface area (Å²) in [5, 5.41) is 2.57. The van der Waals surface area contributed by atoms with Crippen LogP contribution in [0.2, 0.25) is 0 Å². The van der Waals surface area contributed by atoms with Crippen molar-refractivity contribution >= 4 is 23.6 Å². The molecule has 1 aliphatic heterocycles. The van der Waals surface area contributed by atoms with Gasteiger partial charge in [0.1, 0.15) is 5.60 Å². The molecule has 0 unspecified atom stereocenters. The molecule has 0 saturated heterocycles. The molecule has 2 aromatic carbocycles. The normalized spacial score (nSPS) is 12.1. The number of hydrogen-bond donors (Lipinski definition) is 3. The van der Waals surface area contributed by atoms with Crippen molar-refractivity contribution in [1.82, 2.24) is 10.9 Å². The van der Waals surface area contributed by atoms with Crippen molar-refractivity contribution in [3.63, 3.8) is 0 Å². The fourth-order valence-electron chi connectivity index (χ4n) is 2.42. The smallest absolute Gasteiger partial charge is 0.412 e. The number of carbonyl (C=O) groups is 3. The highest BCUT2D eigenvalue weighted by Crippen LogP contribution is 2.32. The van der Waals surface area contributed by atoms with Gasteiger partial charge in [-0.2, -0.15) is 0 Å². The maximum atomic E-state index is 12.2. The summed E-state index contributed by atoms with van der Waals surface area (Å²) in [6, 6.07) is 10.8. The van der Waals surface area contributed by atoms with Crippen molar-refractivity contribution in [2.24, 2.45) is 0 Å². The Hall–Kier alpha value is -3.75. The highest BCUT2D eigenvalue weighted by molar-refractivity contribution is 5.99. The first kappa shape index (κ1) is 20.0. The van der Waals surface area contributed by atoms with Crippen molar-refractivity contribution in [1.29, 1.82) is 0 Å². The number of nitrogens with one attached hydrogen (secondary N) is 3. The zero-order chi connectivity index (χ0) is 21.0. The number of hydrogen-bond acceptors (Lipinski definition) is 6. The van der Waals surface area contributed by atoms with Crippen LogP contribution in [0.1, 0.15) is 41.5 Å². The van der Waals surface area contributed by atoms with E-state index in [9.17, 15) is 14.4 Å². The van der Waals surface area contributed by atoms with Crippen LogP contribution in [0.3, 0.4) is 0 Å². The van der Waals surface area contributed by atoms with E-state index in [1.165, 1.54) is 18.2 Å². The molecule has 1 aliphatic rings. The first-order valence-corrected chi connectivity index (χ1v) is 8.82. The quantitative estimate of drug-likeness (QED) is 0.684. The van der Waals surface area contributed by atoms with Gasteiger partial charge in [-0.25, -0.2) is 4.79 Å². The molecule has 0 aliphatic carbocycles. The number of rotatable bonds is 3. The Balaban J connectivity index is 1.53. The number of fused-ring (bicyclic) bond motifs is 1. The average Bonchev–Trinajstić information content (AvgIpc) is 3.12. The van der Waals surface area contributed by atoms with Crippen molar-refractivity contribution < 1.29 is 28.6 Å². The van der Waals surface area contributed by atoms with Gasteiger partial charge in [-0.1, -0.05) is 0 Å². The molecule has 9 nitrogen and oxygen atoms in total. The summed E-state index contributed by atoms with van der Waals surface area (Å²) in [4.78, 5) is 36.1. The third kappa shape index (κ3) is 5.38. The standard InChI is InChI=1S/C20H21N3O6/c1-20(2,3)29-19(26)21-14-7-4-12(5-8-14)17(24)22-23-18(25)13-6-9-15-16(10-13)28-11-27-15/h4-10H,11H2,1-3H3,(H,21,26)(H,22,24)(H,23,25). The second-order valence-corrected chi connectivity index (χ2v) is 7.18. The molecule has 0 fully saturated rings. The lowest BCUT2D eigenvalue weighted by molar-refractivity contribution is 0.0635. The van der Waals surface area contributed by atoms with Crippen molar-refractivity contribution in [2.45, 2.75) is 26.4 Å². The summed E-state index contributed by atoms with van der Waals surface area (Å²) in [6.45, 7) is 5.39. The minimum atomic E-state index is -0.611.